The van der Waals surface area contributed by atoms with Crippen molar-refractivity contribution >= 4 is 17.8 Å². The lowest BCUT2D eigenvalue weighted by Gasteiger charge is -2.46. The first-order valence-electron chi connectivity index (χ1n) is 13.1. The summed E-state index contributed by atoms with van der Waals surface area (Å²) in [5.74, 6) is 1.28. The van der Waals surface area contributed by atoms with E-state index in [1.165, 1.54) is 19.3 Å². The molecule has 1 saturated carbocycles. The van der Waals surface area contributed by atoms with Crippen LogP contribution in [0.25, 0.3) is 0 Å². The van der Waals surface area contributed by atoms with Crippen LogP contribution in [0.4, 0.5) is 4.79 Å². The number of hydrogen-bond donors (Lipinski definition) is 2. The quantitative estimate of drug-likeness (QED) is 0.510. The third kappa shape index (κ3) is 7.27. The van der Waals surface area contributed by atoms with E-state index in [0.29, 0.717) is 36.9 Å². The maximum atomic E-state index is 13.8. The number of methoxy groups -OCH3 is 2. The van der Waals surface area contributed by atoms with Gasteiger partial charge in [0.25, 0.3) is 0 Å². The number of carbonyl (C=O) groups is 3. The molecule has 0 bridgehead atoms. The summed E-state index contributed by atoms with van der Waals surface area (Å²) in [7, 11) is 3.16. The molecule has 1 aliphatic heterocycles. The monoisotopic (exact) mass is 502 g/mol. The Kier molecular flexibility index (Phi) is 9.84. The lowest BCUT2D eigenvalue weighted by Crippen LogP contribution is -2.65. The van der Waals surface area contributed by atoms with Gasteiger partial charge in [0.1, 0.15) is 17.5 Å². The Hall–Kier alpha value is -2.97. The van der Waals surface area contributed by atoms with E-state index in [1.54, 1.807) is 30.1 Å². The van der Waals surface area contributed by atoms with E-state index < -0.39 is 18.0 Å². The molecule has 36 heavy (non-hydrogen) atoms. The smallest absolute Gasteiger partial charge is 0.318 e. The standard InChI is InChI=1S/C27H42N4O5/c1-18(2)10-24-26(33)30(16-20-11-22(35-3)14-23(12-20)36-4)17-21(13-25(28)32)31(24)27(34)29-15-19-8-6-5-7-9-19/h11-12,14,18-19,21,24H,5-10,13,15-17H2,1-4H3,(H2,28,32)(H,29,34)/t21-,24-/m0/s1. The third-order valence-electron chi connectivity index (χ3n) is 7.17. The number of urea groups is 1. The normalized spacial score (nSPS) is 21.0. The molecule has 1 saturated heterocycles. The van der Waals surface area contributed by atoms with E-state index in [0.717, 1.165) is 18.4 Å². The average Bonchev–Trinajstić information content (AvgIpc) is 2.85. The number of rotatable bonds is 10. The van der Waals surface area contributed by atoms with E-state index in [2.05, 4.69) is 5.32 Å². The number of nitrogens with two attached hydrogens (primary N) is 1. The fourth-order valence-corrected chi connectivity index (χ4v) is 5.41. The molecule has 2 atom stereocenters. The Labute approximate surface area is 214 Å². The molecular formula is C27H42N4O5. The number of benzene rings is 1. The first kappa shape index (κ1) is 27.6. The van der Waals surface area contributed by atoms with Gasteiger partial charge < -0.3 is 30.3 Å². The lowest BCUT2D eigenvalue weighted by molar-refractivity contribution is -0.145. The second-order valence-corrected chi connectivity index (χ2v) is 10.5. The van der Waals surface area contributed by atoms with Gasteiger partial charge in [-0.05, 0) is 48.8 Å². The highest BCUT2D eigenvalue weighted by Crippen LogP contribution is 2.29. The Morgan fingerprint density at radius 3 is 2.28 bits per heavy atom. The van der Waals surface area contributed by atoms with Crippen LogP contribution in [0.15, 0.2) is 18.2 Å². The summed E-state index contributed by atoms with van der Waals surface area (Å²) < 4.78 is 10.8. The number of primary amides is 1. The molecule has 0 spiro atoms. The van der Waals surface area contributed by atoms with Gasteiger partial charge in [-0.2, -0.15) is 0 Å². The van der Waals surface area contributed by atoms with Gasteiger partial charge in [0.05, 0.1) is 20.3 Å². The number of hydrogen-bond acceptors (Lipinski definition) is 5. The molecule has 2 aliphatic rings. The predicted octanol–water partition coefficient (Wildman–Crippen LogP) is 3.30. The zero-order chi connectivity index (χ0) is 26.2. The van der Waals surface area contributed by atoms with Gasteiger partial charge in [-0.1, -0.05) is 33.1 Å². The summed E-state index contributed by atoms with van der Waals surface area (Å²) in [6.07, 6.45) is 6.34. The van der Waals surface area contributed by atoms with Crippen molar-refractivity contribution < 1.29 is 23.9 Å². The highest BCUT2D eigenvalue weighted by Gasteiger charge is 2.44. The van der Waals surface area contributed by atoms with Crippen LogP contribution in [-0.4, -0.2) is 67.0 Å². The molecular weight excluding hydrogens is 460 g/mol. The minimum atomic E-state index is -0.665. The topological polar surface area (TPSA) is 114 Å². The highest BCUT2D eigenvalue weighted by molar-refractivity contribution is 5.89. The first-order chi connectivity index (χ1) is 17.2. The molecule has 4 amide bonds. The van der Waals surface area contributed by atoms with Crippen LogP contribution in [0.5, 0.6) is 11.5 Å². The molecule has 200 valence electrons. The van der Waals surface area contributed by atoms with Crippen molar-refractivity contribution in [2.45, 2.75) is 77.4 Å². The van der Waals surface area contributed by atoms with E-state index in [-0.39, 0.29) is 30.8 Å². The van der Waals surface area contributed by atoms with Crippen molar-refractivity contribution in [3.63, 3.8) is 0 Å². The highest BCUT2D eigenvalue weighted by atomic mass is 16.5. The van der Waals surface area contributed by atoms with Crippen molar-refractivity contribution in [2.24, 2.45) is 17.6 Å². The first-order valence-corrected chi connectivity index (χ1v) is 13.1. The van der Waals surface area contributed by atoms with Crippen LogP contribution in [0.1, 0.15) is 64.4 Å². The van der Waals surface area contributed by atoms with Crippen LogP contribution < -0.4 is 20.5 Å². The van der Waals surface area contributed by atoms with Gasteiger partial charge in [-0.25, -0.2) is 4.79 Å². The van der Waals surface area contributed by atoms with Crippen molar-refractivity contribution in [3.8, 4) is 11.5 Å². The number of nitrogens with one attached hydrogen (secondary N) is 1. The molecule has 1 aliphatic carbocycles. The molecule has 0 aromatic heterocycles. The molecule has 1 aromatic carbocycles. The SMILES string of the molecule is COc1cc(CN2C[C@H](CC(N)=O)N(C(=O)NCC3CCCCC3)[C@@H](CC(C)C)C2=O)cc(OC)c1. The molecule has 1 heterocycles. The van der Waals surface area contributed by atoms with Crippen LogP contribution in [0.3, 0.4) is 0 Å². The molecule has 0 radical (unpaired) electrons. The zero-order valence-electron chi connectivity index (χ0n) is 22.1. The maximum absolute atomic E-state index is 13.8. The summed E-state index contributed by atoms with van der Waals surface area (Å²) in [6, 6.07) is 4.05. The van der Waals surface area contributed by atoms with Gasteiger partial charge in [0.2, 0.25) is 11.8 Å². The van der Waals surface area contributed by atoms with Gasteiger partial charge in [-0.15, -0.1) is 0 Å². The molecule has 0 unspecified atom stereocenters. The Bertz CT molecular complexity index is 893. The summed E-state index contributed by atoms with van der Waals surface area (Å²) in [5, 5.41) is 3.07. The molecule has 3 rings (SSSR count). The lowest BCUT2D eigenvalue weighted by atomic mass is 9.89. The fraction of sp³-hybridized carbons (Fsp3) is 0.667. The van der Waals surface area contributed by atoms with E-state index in [4.69, 9.17) is 15.2 Å². The molecule has 9 heteroatoms. The molecule has 1 aromatic rings. The third-order valence-corrected chi connectivity index (χ3v) is 7.17. The van der Waals surface area contributed by atoms with Crippen molar-refractivity contribution in [1.82, 2.24) is 15.1 Å². The summed E-state index contributed by atoms with van der Waals surface area (Å²) >= 11 is 0. The fourth-order valence-electron chi connectivity index (χ4n) is 5.41. The number of ether oxygens (including phenoxy) is 2. The predicted molar refractivity (Wildman–Crippen MR) is 138 cm³/mol. The second kappa shape index (κ2) is 12.8. The van der Waals surface area contributed by atoms with Crippen LogP contribution in [0, 0.1) is 11.8 Å². The van der Waals surface area contributed by atoms with Crippen LogP contribution in [-0.2, 0) is 16.1 Å². The number of nitrogens with zero attached hydrogens (tertiary/aromatic N) is 2. The maximum Gasteiger partial charge on any atom is 0.318 e. The van der Waals surface area contributed by atoms with Gasteiger partial charge in [0.15, 0.2) is 0 Å². The molecule has 2 fully saturated rings. The minimum Gasteiger partial charge on any atom is -0.497 e. The summed E-state index contributed by atoms with van der Waals surface area (Å²) in [5.41, 5.74) is 6.44. The van der Waals surface area contributed by atoms with Crippen LogP contribution >= 0.6 is 0 Å². The minimum absolute atomic E-state index is 0.00332. The zero-order valence-corrected chi connectivity index (χ0v) is 22.1. The number of piperazine rings is 1. The van der Waals surface area contributed by atoms with Gasteiger partial charge in [0, 0.05) is 32.1 Å². The van der Waals surface area contributed by atoms with Crippen molar-refractivity contribution in [3.05, 3.63) is 23.8 Å². The largest absolute Gasteiger partial charge is 0.497 e. The average molecular weight is 503 g/mol. The van der Waals surface area contributed by atoms with Crippen molar-refractivity contribution in [1.29, 1.82) is 0 Å². The molecule has 3 N–H and O–H groups in total. The van der Waals surface area contributed by atoms with Gasteiger partial charge in [-0.3, -0.25) is 9.59 Å². The molecule has 9 nitrogen and oxygen atoms in total. The number of carbonyl (C=O) groups excluding carboxylic acids is 3. The number of amides is 4. The summed E-state index contributed by atoms with van der Waals surface area (Å²) in [6.45, 7) is 5.19. The van der Waals surface area contributed by atoms with Gasteiger partial charge >= 0.3 is 6.03 Å². The Balaban J connectivity index is 1.84. The van der Waals surface area contributed by atoms with Crippen LogP contribution in [0.2, 0.25) is 0 Å². The summed E-state index contributed by atoms with van der Waals surface area (Å²) in [4.78, 5) is 42.5. The van der Waals surface area contributed by atoms with E-state index >= 15 is 0 Å². The van der Waals surface area contributed by atoms with E-state index in [1.807, 2.05) is 26.0 Å². The second-order valence-electron chi connectivity index (χ2n) is 10.5. The Morgan fingerprint density at radius 1 is 1.08 bits per heavy atom. The Morgan fingerprint density at radius 2 is 1.72 bits per heavy atom. The van der Waals surface area contributed by atoms with E-state index in [9.17, 15) is 14.4 Å². The van der Waals surface area contributed by atoms with Crippen molar-refractivity contribution in [2.75, 3.05) is 27.3 Å².